The Hall–Kier alpha value is -1.22. The van der Waals surface area contributed by atoms with Gasteiger partial charge in [-0.25, -0.2) is 4.79 Å². The van der Waals surface area contributed by atoms with Gasteiger partial charge in [-0.15, -0.1) is 10.2 Å². The van der Waals surface area contributed by atoms with Crippen molar-refractivity contribution in [1.29, 1.82) is 0 Å². The van der Waals surface area contributed by atoms with Crippen LogP contribution in [0.1, 0.15) is 38.5 Å². The number of hydrogen-bond acceptors (Lipinski definition) is 7. The highest BCUT2D eigenvalue weighted by Crippen LogP contribution is 2.49. The summed E-state index contributed by atoms with van der Waals surface area (Å²) in [6.45, 7) is 2.04. The van der Waals surface area contributed by atoms with Gasteiger partial charge in [-0.2, -0.15) is 11.8 Å². The van der Waals surface area contributed by atoms with E-state index in [4.69, 9.17) is 4.42 Å². The molecule has 7 nitrogen and oxygen atoms in total. The van der Waals surface area contributed by atoms with Gasteiger partial charge in [-0.05, 0) is 50.2 Å². The van der Waals surface area contributed by atoms with E-state index in [0.29, 0.717) is 22.8 Å². The molecule has 1 aromatic rings. The monoisotopic (exact) mass is 384 g/mol. The number of nitrogens with zero attached hydrogens (tertiary/aromatic N) is 2. The summed E-state index contributed by atoms with van der Waals surface area (Å²) in [5, 5.41) is 13.4. The van der Waals surface area contributed by atoms with Crippen molar-refractivity contribution in [2.24, 2.45) is 17.8 Å². The Morgan fingerprint density at radius 3 is 2.84 bits per heavy atom. The summed E-state index contributed by atoms with van der Waals surface area (Å²) in [6, 6.07) is -0.324. The molecule has 0 aliphatic heterocycles. The van der Waals surface area contributed by atoms with Gasteiger partial charge >= 0.3 is 6.03 Å². The molecule has 0 unspecified atom stereocenters. The molecule has 0 radical (unpaired) electrons. The van der Waals surface area contributed by atoms with Crippen molar-refractivity contribution in [1.82, 2.24) is 20.8 Å². The van der Waals surface area contributed by atoms with Crippen LogP contribution in [0.2, 0.25) is 0 Å². The lowest BCUT2D eigenvalue weighted by Crippen LogP contribution is -2.47. The Morgan fingerprint density at radius 1 is 1.32 bits per heavy atom. The van der Waals surface area contributed by atoms with Crippen LogP contribution in [0.4, 0.5) is 4.79 Å². The van der Waals surface area contributed by atoms with Crippen LogP contribution >= 0.6 is 23.5 Å². The zero-order valence-corrected chi connectivity index (χ0v) is 16.1. The number of urea groups is 1. The summed E-state index contributed by atoms with van der Waals surface area (Å²) in [4.78, 5) is 23.9. The fraction of sp³-hybridized carbons (Fsp3) is 0.750. The number of rotatable bonds is 7. The quantitative estimate of drug-likeness (QED) is 0.698. The standard InChI is InChI=1S/C16H24N4O3S2/c1-9(12-6-10-3-4-11(12)5-10)17-15(22)18-13(21)7-25-16-20-19-14(23-16)8-24-2/h9-12H,3-8H2,1-2H3,(H2,17,18,21,22)/t9-,10+,11+,12-/m1/s1. The van der Waals surface area contributed by atoms with E-state index in [0.717, 1.165) is 23.6 Å². The lowest BCUT2D eigenvalue weighted by atomic mass is 9.84. The summed E-state index contributed by atoms with van der Waals surface area (Å²) in [7, 11) is 0. The highest BCUT2D eigenvalue weighted by Gasteiger charge is 2.42. The molecule has 1 aromatic heterocycles. The molecule has 2 aliphatic rings. The van der Waals surface area contributed by atoms with E-state index in [1.807, 2.05) is 13.2 Å². The molecule has 25 heavy (non-hydrogen) atoms. The summed E-state index contributed by atoms with van der Waals surface area (Å²) in [6.07, 6.45) is 7.06. The van der Waals surface area contributed by atoms with Crippen molar-refractivity contribution in [3.05, 3.63) is 5.89 Å². The van der Waals surface area contributed by atoms with Crippen LogP contribution in [0.5, 0.6) is 0 Å². The molecule has 138 valence electrons. The van der Waals surface area contributed by atoms with Crippen LogP contribution in [-0.4, -0.2) is 40.2 Å². The Labute approximate surface area is 155 Å². The van der Waals surface area contributed by atoms with Gasteiger partial charge in [0.15, 0.2) is 0 Å². The maximum atomic E-state index is 12.0. The fourth-order valence-electron chi connectivity index (χ4n) is 4.02. The van der Waals surface area contributed by atoms with Crippen LogP contribution in [0.15, 0.2) is 9.64 Å². The van der Waals surface area contributed by atoms with E-state index in [9.17, 15) is 9.59 Å². The van der Waals surface area contributed by atoms with Gasteiger partial charge in [-0.3, -0.25) is 10.1 Å². The minimum atomic E-state index is -0.422. The van der Waals surface area contributed by atoms with Crippen molar-refractivity contribution in [3.8, 4) is 0 Å². The number of aromatic nitrogens is 2. The molecule has 1 heterocycles. The van der Waals surface area contributed by atoms with E-state index < -0.39 is 6.03 Å². The molecule has 4 atom stereocenters. The lowest BCUT2D eigenvalue weighted by Gasteiger charge is -2.28. The number of thioether (sulfide) groups is 2. The van der Waals surface area contributed by atoms with Crippen molar-refractivity contribution < 1.29 is 14.0 Å². The molecule has 3 rings (SSSR count). The number of amides is 3. The summed E-state index contributed by atoms with van der Waals surface area (Å²) < 4.78 is 5.38. The van der Waals surface area contributed by atoms with Gasteiger partial charge in [-0.1, -0.05) is 18.2 Å². The van der Waals surface area contributed by atoms with Gasteiger partial charge in [0.2, 0.25) is 11.8 Å². The third-order valence-electron chi connectivity index (χ3n) is 5.09. The van der Waals surface area contributed by atoms with Crippen LogP contribution in [0.3, 0.4) is 0 Å². The minimum Gasteiger partial charge on any atom is -0.415 e. The second kappa shape index (κ2) is 8.44. The van der Waals surface area contributed by atoms with Crippen LogP contribution in [-0.2, 0) is 10.5 Å². The van der Waals surface area contributed by atoms with E-state index in [1.165, 1.54) is 25.7 Å². The fourth-order valence-corrected chi connectivity index (χ4v) is 4.97. The topological polar surface area (TPSA) is 97.1 Å². The van der Waals surface area contributed by atoms with E-state index in [-0.39, 0.29) is 17.7 Å². The molecular formula is C16H24N4O3S2. The van der Waals surface area contributed by atoms with Crippen molar-refractivity contribution in [2.75, 3.05) is 12.0 Å². The molecule has 2 saturated carbocycles. The number of imide groups is 1. The Bertz CT molecular complexity index is 624. The average Bonchev–Trinajstić information content (AvgIpc) is 3.29. The SMILES string of the molecule is CSCc1nnc(SCC(=O)NC(=O)N[C@H](C)[C@H]2C[C@H]3CC[C@H]2C3)o1. The highest BCUT2D eigenvalue weighted by molar-refractivity contribution is 7.99. The zero-order valence-electron chi connectivity index (χ0n) is 14.5. The predicted molar refractivity (Wildman–Crippen MR) is 97.3 cm³/mol. The molecule has 2 N–H and O–H groups in total. The third-order valence-corrected chi connectivity index (χ3v) is 6.44. The maximum Gasteiger partial charge on any atom is 0.321 e. The van der Waals surface area contributed by atoms with Crippen molar-refractivity contribution in [3.63, 3.8) is 0 Å². The predicted octanol–water partition coefficient (Wildman–Crippen LogP) is 2.68. The van der Waals surface area contributed by atoms with Crippen LogP contribution in [0.25, 0.3) is 0 Å². The molecule has 0 aromatic carbocycles. The van der Waals surface area contributed by atoms with Crippen molar-refractivity contribution in [2.45, 2.75) is 49.6 Å². The number of carbonyl (C=O) groups excluding carboxylic acids is 2. The smallest absolute Gasteiger partial charge is 0.321 e. The lowest BCUT2D eigenvalue weighted by molar-refractivity contribution is -0.117. The van der Waals surface area contributed by atoms with Gasteiger partial charge in [0.25, 0.3) is 5.22 Å². The second-order valence-corrected chi connectivity index (χ2v) is 8.63. The summed E-state index contributed by atoms with van der Waals surface area (Å²) in [5.41, 5.74) is 0. The molecule has 0 saturated heterocycles. The van der Waals surface area contributed by atoms with Gasteiger partial charge in [0.05, 0.1) is 11.5 Å². The molecule has 2 bridgehead atoms. The molecular weight excluding hydrogens is 360 g/mol. The number of fused-ring (bicyclic) bond motifs is 2. The Balaban J connectivity index is 1.37. The van der Waals surface area contributed by atoms with E-state index >= 15 is 0 Å². The number of carbonyl (C=O) groups is 2. The first-order valence-electron chi connectivity index (χ1n) is 8.59. The normalized spacial score (nSPS) is 25.8. The summed E-state index contributed by atoms with van der Waals surface area (Å²) >= 11 is 2.71. The number of nitrogens with one attached hydrogen (secondary N) is 2. The minimum absolute atomic E-state index is 0.0663. The van der Waals surface area contributed by atoms with Crippen LogP contribution < -0.4 is 10.6 Å². The third kappa shape index (κ3) is 4.91. The van der Waals surface area contributed by atoms with Crippen LogP contribution in [0, 0.1) is 17.8 Å². The molecule has 9 heteroatoms. The number of hydrogen-bond donors (Lipinski definition) is 2. The van der Waals surface area contributed by atoms with E-state index in [2.05, 4.69) is 20.8 Å². The Morgan fingerprint density at radius 2 is 2.16 bits per heavy atom. The Kier molecular flexibility index (Phi) is 6.27. The first kappa shape index (κ1) is 18.6. The average molecular weight is 385 g/mol. The van der Waals surface area contributed by atoms with E-state index in [1.54, 1.807) is 11.8 Å². The molecule has 3 amide bonds. The highest BCUT2D eigenvalue weighted by atomic mass is 32.2. The van der Waals surface area contributed by atoms with Gasteiger partial charge in [0.1, 0.15) is 0 Å². The molecule has 2 fully saturated rings. The molecule has 0 spiro atoms. The largest absolute Gasteiger partial charge is 0.415 e. The second-order valence-electron chi connectivity index (χ2n) is 6.83. The molecule has 2 aliphatic carbocycles. The first-order chi connectivity index (χ1) is 12.0. The van der Waals surface area contributed by atoms with Gasteiger partial charge < -0.3 is 9.73 Å². The zero-order chi connectivity index (χ0) is 17.8. The first-order valence-corrected chi connectivity index (χ1v) is 11.0. The summed E-state index contributed by atoms with van der Waals surface area (Å²) in [5.74, 6) is 2.99. The van der Waals surface area contributed by atoms with Gasteiger partial charge in [0, 0.05) is 6.04 Å². The maximum absolute atomic E-state index is 12.0. The van der Waals surface area contributed by atoms with Crippen molar-refractivity contribution >= 4 is 35.5 Å².